The van der Waals surface area contributed by atoms with Gasteiger partial charge in [0.25, 0.3) is 0 Å². The third-order valence-electron chi connectivity index (χ3n) is 5.81. The molecule has 0 atom stereocenters. The van der Waals surface area contributed by atoms with Crippen LogP contribution in [-0.2, 0) is 13.0 Å². The minimum Gasteiger partial charge on any atom is -0.494 e. The summed E-state index contributed by atoms with van der Waals surface area (Å²) >= 11 is 0. The van der Waals surface area contributed by atoms with Gasteiger partial charge in [-0.3, -0.25) is 0 Å². The molecule has 0 bridgehead atoms. The highest BCUT2D eigenvalue weighted by Crippen LogP contribution is 2.31. The molecule has 0 saturated carbocycles. The quantitative estimate of drug-likeness (QED) is 0.337. The fourth-order valence-electron chi connectivity index (χ4n) is 4.20. The van der Waals surface area contributed by atoms with Crippen molar-refractivity contribution in [2.24, 2.45) is 5.92 Å². The van der Waals surface area contributed by atoms with Crippen molar-refractivity contribution in [2.75, 3.05) is 37.4 Å². The average molecular weight is 431 g/mol. The van der Waals surface area contributed by atoms with Gasteiger partial charge in [0.1, 0.15) is 5.75 Å². The molecule has 0 unspecified atom stereocenters. The van der Waals surface area contributed by atoms with E-state index >= 15 is 0 Å². The summed E-state index contributed by atoms with van der Waals surface area (Å²) in [6, 6.07) is 8.52. The summed E-state index contributed by atoms with van der Waals surface area (Å²) in [5.74, 6) is 2.70. The molecule has 4 rings (SSSR count). The lowest BCUT2D eigenvalue weighted by molar-refractivity contribution is 0.278. The Morgan fingerprint density at radius 3 is 2.72 bits per heavy atom. The molecule has 156 valence electrons. The molecular weight excluding hydrogens is 400 g/mol. The highest BCUT2D eigenvalue weighted by Gasteiger charge is 2.20. The highest BCUT2D eigenvalue weighted by molar-refractivity contribution is 8.75. The van der Waals surface area contributed by atoms with Gasteiger partial charge < -0.3 is 9.64 Å². The normalized spacial score (nSPS) is 17.9. The van der Waals surface area contributed by atoms with Crippen LogP contribution in [0.2, 0.25) is 0 Å². The molecule has 0 N–H and O–H groups in total. The van der Waals surface area contributed by atoms with E-state index in [1.807, 2.05) is 40.2 Å². The highest BCUT2D eigenvalue weighted by atomic mass is 33.1. The van der Waals surface area contributed by atoms with Gasteiger partial charge in [0, 0.05) is 38.6 Å². The Labute approximate surface area is 182 Å². The van der Waals surface area contributed by atoms with Crippen molar-refractivity contribution in [3.05, 3.63) is 47.8 Å². The first kappa shape index (κ1) is 20.8. The number of rotatable bonds is 8. The van der Waals surface area contributed by atoms with Gasteiger partial charge in [0.05, 0.1) is 6.61 Å². The van der Waals surface area contributed by atoms with E-state index in [2.05, 4.69) is 43.6 Å². The van der Waals surface area contributed by atoms with Crippen molar-refractivity contribution in [1.82, 2.24) is 14.3 Å². The SMILES string of the molecule is CSSN1CCc2cc(OCCCC3CCN(c4ncccn4)CC3)ccc2C1. The van der Waals surface area contributed by atoms with E-state index in [0.29, 0.717) is 0 Å². The van der Waals surface area contributed by atoms with Crippen LogP contribution in [0.25, 0.3) is 0 Å². The predicted molar refractivity (Wildman–Crippen MR) is 123 cm³/mol. The Bertz CT molecular complexity index is 769. The number of fused-ring (bicyclic) bond motifs is 1. The van der Waals surface area contributed by atoms with Crippen molar-refractivity contribution in [1.29, 1.82) is 0 Å². The third kappa shape index (κ3) is 5.80. The van der Waals surface area contributed by atoms with Crippen molar-refractivity contribution < 1.29 is 4.74 Å². The maximum atomic E-state index is 6.07. The maximum absolute atomic E-state index is 6.07. The molecule has 5 nitrogen and oxygen atoms in total. The fourth-order valence-corrected chi connectivity index (χ4v) is 5.78. The minimum absolute atomic E-state index is 0.794. The minimum atomic E-state index is 0.794. The molecule has 0 amide bonds. The van der Waals surface area contributed by atoms with Gasteiger partial charge in [-0.1, -0.05) is 16.9 Å². The lowest BCUT2D eigenvalue weighted by Gasteiger charge is -2.31. The Hall–Kier alpha value is -1.44. The van der Waals surface area contributed by atoms with Gasteiger partial charge in [0.15, 0.2) is 0 Å². The Morgan fingerprint density at radius 2 is 1.93 bits per heavy atom. The molecule has 1 fully saturated rings. The van der Waals surface area contributed by atoms with E-state index < -0.39 is 0 Å². The van der Waals surface area contributed by atoms with Crippen molar-refractivity contribution in [3.63, 3.8) is 0 Å². The summed E-state index contributed by atoms with van der Waals surface area (Å²) in [5, 5.41) is 0. The molecule has 1 aromatic heterocycles. The van der Waals surface area contributed by atoms with Crippen molar-refractivity contribution in [3.8, 4) is 5.75 Å². The van der Waals surface area contributed by atoms with Crippen LogP contribution in [0.1, 0.15) is 36.8 Å². The molecule has 2 aromatic rings. The topological polar surface area (TPSA) is 41.5 Å². The third-order valence-corrected chi connectivity index (χ3v) is 7.56. The van der Waals surface area contributed by atoms with Gasteiger partial charge in [-0.05, 0) is 84.6 Å². The first-order chi connectivity index (χ1) is 14.3. The van der Waals surface area contributed by atoms with Gasteiger partial charge in [-0.15, -0.1) is 0 Å². The number of aromatic nitrogens is 2. The van der Waals surface area contributed by atoms with Crippen molar-refractivity contribution in [2.45, 2.75) is 38.6 Å². The molecule has 0 radical (unpaired) electrons. The van der Waals surface area contributed by atoms with Crippen LogP contribution in [-0.4, -0.2) is 46.8 Å². The molecule has 0 spiro atoms. The second kappa shape index (κ2) is 10.5. The lowest BCUT2D eigenvalue weighted by Crippen LogP contribution is -2.34. The van der Waals surface area contributed by atoms with E-state index in [-0.39, 0.29) is 0 Å². The zero-order valence-electron chi connectivity index (χ0n) is 17.1. The number of ether oxygens (including phenoxy) is 1. The maximum Gasteiger partial charge on any atom is 0.225 e. The molecule has 29 heavy (non-hydrogen) atoms. The van der Waals surface area contributed by atoms with Crippen LogP contribution < -0.4 is 9.64 Å². The summed E-state index contributed by atoms with van der Waals surface area (Å²) in [4.78, 5) is 11.0. The molecule has 3 heterocycles. The summed E-state index contributed by atoms with van der Waals surface area (Å²) in [6.45, 7) is 5.09. The van der Waals surface area contributed by atoms with Gasteiger partial charge in [0.2, 0.25) is 5.95 Å². The summed E-state index contributed by atoms with van der Waals surface area (Å²) in [7, 11) is 3.68. The molecular formula is C22H30N4OS2. The van der Waals surface area contributed by atoms with Gasteiger partial charge >= 0.3 is 0 Å². The Kier molecular flexibility index (Phi) is 7.57. The summed E-state index contributed by atoms with van der Waals surface area (Å²) < 4.78 is 8.51. The number of hydrogen-bond donors (Lipinski definition) is 0. The van der Waals surface area contributed by atoms with Crippen molar-refractivity contribution >= 4 is 27.7 Å². The Balaban J connectivity index is 1.16. The monoisotopic (exact) mass is 430 g/mol. The smallest absolute Gasteiger partial charge is 0.225 e. The number of nitrogens with zero attached hydrogens (tertiary/aromatic N) is 4. The molecule has 2 aliphatic rings. The number of piperidine rings is 1. The van der Waals surface area contributed by atoms with Gasteiger partial charge in [-0.25, -0.2) is 14.3 Å². The van der Waals surface area contributed by atoms with E-state index in [9.17, 15) is 0 Å². The zero-order valence-corrected chi connectivity index (χ0v) is 18.8. The van der Waals surface area contributed by atoms with Crippen LogP contribution in [0.4, 0.5) is 5.95 Å². The Morgan fingerprint density at radius 1 is 1.10 bits per heavy atom. The van der Waals surface area contributed by atoms with E-state index in [1.54, 1.807) is 0 Å². The van der Waals surface area contributed by atoms with Crippen LogP contribution in [0.3, 0.4) is 0 Å². The largest absolute Gasteiger partial charge is 0.494 e. The first-order valence-corrected chi connectivity index (χ1v) is 13.1. The van der Waals surface area contributed by atoms with E-state index in [4.69, 9.17) is 4.74 Å². The first-order valence-electron chi connectivity index (χ1n) is 10.5. The second-order valence-corrected chi connectivity index (χ2v) is 10.2. The van der Waals surface area contributed by atoms with E-state index in [1.165, 1.54) is 30.4 Å². The number of hydrogen-bond acceptors (Lipinski definition) is 7. The van der Waals surface area contributed by atoms with Crippen LogP contribution in [0, 0.1) is 5.92 Å². The molecule has 1 aromatic carbocycles. The van der Waals surface area contributed by atoms with Crippen LogP contribution in [0.15, 0.2) is 36.7 Å². The molecule has 1 saturated heterocycles. The fraction of sp³-hybridized carbons (Fsp3) is 0.545. The summed E-state index contributed by atoms with van der Waals surface area (Å²) in [5.41, 5.74) is 2.90. The van der Waals surface area contributed by atoms with Crippen LogP contribution >= 0.6 is 21.8 Å². The average Bonchev–Trinajstić information content (AvgIpc) is 2.78. The predicted octanol–water partition coefficient (Wildman–Crippen LogP) is 4.84. The number of benzene rings is 1. The standard InChI is InChI=1S/C22H30N4OS2/c1-28-29-26-14-9-19-16-21(6-5-20(19)17-26)27-15-2-4-18-7-12-25(13-8-18)22-23-10-3-11-24-22/h3,5-6,10-11,16,18H,2,4,7-9,12-15,17H2,1H3. The lowest BCUT2D eigenvalue weighted by atomic mass is 9.92. The molecule has 0 aliphatic carbocycles. The van der Waals surface area contributed by atoms with Gasteiger partial charge in [-0.2, -0.15) is 0 Å². The molecule has 2 aliphatic heterocycles. The second-order valence-electron chi connectivity index (χ2n) is 7.76. The summed E-state index contributed by atoms with van der Waals surface area (Å²) in [6.07, 6.45) is 11.7. The number of anilines is 1. The zero-order chi connectivity index (χ0) is 19.9. The van der Waals surface area contributed by atoms with Crippen LogP contribution in [0.5, 0.6) is 5.75 Å². The molecule has 7 heteroatoms. The van der Waals surface area contributed by atoms with E-state index in [0.717, 1.165) is 63.2 Å².